The lowest BCUT2D eigenvalue weighted by Gasteiger charge is -1.99. The van der Waals surface area contributed by atoms with E-state index in [1.807, 2.05) is 36.4 Å². The summed E-state index contributed by atoms with van der Waals surface area (Å²) < 4.78 is 7.16. The molecule has 100 valence electrons. The van der Waals surface area contributed by atoms with E-state index in [1.54, 1.807) is 11.8 Å². The zero-order chi connectivity index (χ0) is 13.9. The van der Waals surface area contributed by atoms with Gasteiger partial charge in [-0.15, -0.1) is 11.8 Å². The van der Waals surface area contributed by atoms with Crippen LogP contribution in [0.4, 0.5) is 0 Å². The van der Waals surface area contributed by atoms with E-state index in [4.69, 9.17) is 4.42 Å². The summed E-state index contributed by atoms with van der Waals surface area (Å²) in [5, 5.41) is 0. The molecule has 0 spiro atoms. The van der Waals surface area contributed by atoms with Gasteiger partial charge in [-0.1, -0.05) is 60.7 Å². The molecule has 0 N–H and O–H groups in total. The maximum Gasteiger partial charge on any atom is 0.150 e. The molecular formula is C17H13BrOS. The molecule has 0 fully saturated rings. The van der Waals surface area contributed by atoms with Gasteiger partial charge in [0.05, 0.1) is 9.37 Å². The van der Waals surface area contributed by atoms with E-state index >= 15 is 0 Å². The molecular weight excluding hydrogens is 332 g/mol. The van der Waals surface area contributed by atoms with E-state index in [0.717, 1.165) is 32.0 Å². The van der Waals surface area contributed by atoms with Gasteiger partial charge in [-0.3, -0.25) is 0 Å². The van der Waals surface area contributed by atoms with Crippen LogP contribution in [0.3, 0.4) is 0 Å². The minimum atomic E-state index is 0.883. The van der Waals surface area contributed by atoms with Crippen LogP contribution in [-0.4, -0.2) is 6.26 Å². The van der Waals surface area contributed by atoms with Crippen LogP contribution in [0, 0.1) is 0 Å². The molecule has 0 aliphatic heterocycles. The third-order valence-corrected chi connectivity index (χ3v) is 4.90. The van der Waals surface area contributed by atoms with Crippen LogP contribution in [0.15, 0.2) is 74.4 Å². The van der Waals surface area contributed by atoms with Crippen LogP contribution in [-0.2, 0) is 0 Å². The molecule has 0 atom stereocenters. The summed E-state index contributed by atoms with van der Waals surface area (Å²) in [4.78, 5) is 1.13. The highest BCUT2D eigenvalue weighted by Crippen LogP contribution is 2.44. The average Bonchev–Trinajstić information content (AvgIpc) is 2.86. The molecule has 3 aromatic rings. The smallest absolute Gasteiger partial charge is 0.150 e. The van der Waals surface area contributed by atoms with Crippen LogP contribution in [0.5, 0.6) is 0 Å². The fourth-order valence-electron chi connectivity index (χ4n) is 2.13. The lowest BCUT2D eigenvalue weighted by Crippen LogP contribution is -1.75. The maximum absolute atomic E-state index is 6.14. The normalized spacial score (nSPS) is 10.7. The van der Waals surface area contributed by atoms with Gasteiger partial charge in [-0.05, 0) is 22.2 Å². The van der Waals surface area contributed by atoms with Crippen LogP contribution in [0.25, 0.3) is 22.6 Å². The Morgan fingerprint density at radius 3 is 1.80 bits per heavy atom. The van der Waals surface area contributed by atoms with Crippen molar-refractivity contribution in [3.8, 4) is 22.6 Å². The van der Waals surface area contributed by atoms with Crippen molar-refractivity contribution in [3.05, 3.63) is 65.1 Å². The summed E-state index contributed by atoms with van der Waals surface area (Å²) in [7, 11) is 0. The Labute approximate surface area is 131 Å². The Morgan fingerprint density at radius 2 is 1.30 bits per heavy atom. The second kappa shape index (κ2) is 5.90. The van der Waals surface area contributed by atoms with Crippen molar-refractivity contribution in [2.45, 2.75) is 4.90 Å². The highest BCUT2D eigenvalue weighted by atomic mass is 79.9. The predicted octanol–water partition coefficient (Wildman–Crippen LogP) is 6.10. The second-order valence-corrected chi connectivity index (χ2v) is 5.95. The molecule has 0 saturated heterocycles. The van der Waals surface area contributed by atoms with Gasteiger partial charge in [0.15, 0.2) is 0 Å². The second-order valence-electron chi connectivity index (χ2n) is 4.34. The molecule has 1 heterocycles. The lowest BCUT2D eigenvalue weighted by atomic mass is 10.1. The number of hydrogen-bond donors (Lipinski definition) is 0. The van der Waals surface area contributed by atoms with Crippen LogP contribution < -0.4 is 0 Å². The summed E-state index contributed by atoms with van der Waals surface area (Å²) in [6.45, 7) is 0. The van der Waals surface area contributed by atoms with E-state index in [1.165, 1.54) is 0 Å². The standard InChI is InChI=1S/C17H13BrOS/c1-20-17-14(18)15(12-8-4-2-5-9-12)19-16(17)13-10-6-3-7-11-13/h2-11H,1H3. The van der Waals surface area contributed by atoms with Gasteiger partial charge in [0.1, 0.15) is 11.5 Å². The van der Waals surface area contributed by atoms with E-state index < -0.39 is 0 Å². The highest BCUT2D eigenvalue weighted by Gasteiger charge is 2.19. The van der Waals surface area contributed by atoms with Crippen molar-refractivity contribution in [1.82, 2.24) is 0 Å². The Bertz CT molecular complexity index is 705. The van der Waals surface area contributed by atoms with Crippen molar-refractivity contribution >= 4 is 27.7 Å². The first-order valence-corrected chi connectivity index (χ1v) is 8.30. The molecule has 3 heteroatoms. The summed E-state index contributed by atoms with van der Waals surface area (Å²) >= 11 is 5.37. The third kappa shape index (κ3) is 2.43. The van der Waals surface area contributed by atoms with Gasteiger partial charge < -0.3 is 4.42 Å². The molecule has 0 radical (unpaired) electrons. The minimum Gasteiger partial charge on any atom is -0.454 e. The summed E-state index contributed by atoms with van der Waals surface area (Å²) in [6, 6.07) is 20.4. The number of thioether (sulfide) groups is 1. The Hall–Kier alpha value is -1.45. The van der Waals surface area contributed by atoms with Crippen LogP contribution in [0.2, 0.25) is 0 Å². The van der Waals surface area contributed by atoms with Crippen molar-refractivity contribution in [2.75, 3.05) is 6.26 Å². The molecule has 2 aromatic carbocycles. The maximum atomic E-state index is 6.14. The minimum absolute atomic E-state index is 0.883. The Morgan fingerprint density at radius 1 is 0.800 bits per heavy atom. The van der Waals surface area contributed by atoms with Crippen molar-refractivity contribution in [2.24, 2.45) is 0 Å². The van der Waals surface area contributed by atoms with E-state index in [9.17, 15) is 0 Å². The van der Waals surface area contributed by atoms with Crippen LogP contribution >= 0.6 is 27.7 Å². The lowest BCUT2D eigenvalue weighted by molar-refractivity contribution is 0.592. The molecule has 0 unspecified atom stereocenters. The zero-order valence-electron chi connectivity index (χ0n) is 11.0. The quantitative estimate of drug-likeness (QED) is 0.532. The monoisotopic (exact) mass is 344 g/mol. The van der Waals surface area contributed by atoms with Crippen LogP contribution in [0.1, 0.15) is 0 Å². The third-order valence-electron chi connectivity index (χ3n) is 3.09. The zero-order valence-corrected chi connectivity index (χ0v) is 13.4. The number of hydrogen-bond acceptors (Lipinski definition) is 2. The van der Waals surface area contributed by atoms with Gasteiger partial charge >= 0.3 is 0 Å². The topological polar surface area (TPSA) is 13.1 Å². The van der Waals surface area contributed by atoms with E-state index in [0.29, 0.717) is 0 Å². The number of rotatable bonds is 3. The number of furan rings is 1. The van der Waals surface area contributed by atoms with E-state index in [2.05, 4.69) is 46.5 Å². The SMILES string of the molecule is CSc1c(-c2ccccc2)oc(-c2ccccc2)c1Br. The van der Waals surface area contributed by atoms with Gasteiger partial charge in [0.2, 0.25) is 0 Å². The molecule has 0 aliphatic carbocycles. The molecule has 0 amide bonds. The summed E-state index contributed by atoms with van der Waals surface area (Å²) in [6.07, 6.45) is 2.07. The highest BCUT2D eigenvalue weighted by molar-refractivity contribution is 9.10. The molecule has 1 aromatic heterocycles. The van der Waals surface area contributed by atoms with Gasteiger partial charge in [0.25, 0.3) is 0 Å². The number of benzene rings is 2. The first-order valence-electron chi connectivity index (χ1n) is 6.28. The Balaban J connectivity index is 2.18. The first kappa shape index (κ1) is 13.5. The largest absolute Gasteiger partial charge is 0.454 e. The average molecular weight is 345 g/mol. The number of halogens is 1. The summed E-state index contributed by atoms with van der Waals surface area (Å²) in [5.41, 5.74) is 2.18. The molecule has 20 heavy (non-hydrogen) atoms. The van der Waals surface area contributed by atoms with Crippen molar-refractivity contribution in [3.63, 3.8) is 0 Å². The fourth-order valence-corrected chi connectivity index (χ4v) is 3.73. The molecule has 3 rings (SSSR count). The predicted molar refractivity (Wildman–Crippen MR) is 89.1 cm³/mol. The molecule has 1 nitrogen and oxygen atoms in total. The summed E-state index contributed by atoms with van der Waals surface area (Å²) in [5.74, 6) is 1.80. The van der Waals surface area contributed by atoms with Gasteiger partial charge in [-0.2, -0.15) is 0 Å². The molecule has 0 aliphatic rings. The molecule has 0 saturated carbocycles. The van der Waals surface area contributed by atoms with Crippen molar-refractivity contribution in [1.29, 1.82) is 0 Å². The van der Waals surface area contributed by atoms with Gasteiger partial charge in [0, 0.05) is 11.1 Å². The fraction of sp³-hybridized carbons (Fsp3) is 0.0588. The Kier molecular flexibility index (Phi) is 3.99. The van der Waals surface area contributed by atoms with Gasteiger partial charge in [-0.25, -0.2) is 0 Å². The van der Waals surface area contributed by atoms with Crippen molar-refractivity contribution < 1.29 is 4.42 Å². The molecule has 0 bridgehead atoms. The first-order chi connectivity index (χ1) is 9.81. The van der Waals surface area contributed by atoms with E-state index in [-0.39, 0.29) is 0 Å².